The first-order chi connectivity index (χ1) is 8.22. The van der Waals surface area contributed by atoms with Crippen molar-refractivity contribution in [2.75, 3.05) is 5.73 Å². The van der Waals surface area contributed by atoms with Crippen molar-refractivity contribution in [3.05, 3.63) is 15.9 Å². The summed E-state index contributed by atoms with van der Waals surface area (Å²) in [5.41, 5.74) is 5.39. The number of nitrogens with two attached hydrogens (primary N) is 1. The first-order valence-electron chi connectivity index (χ1n) is 4.49. The van der Waals surface area contributed by atoms with Crippen LogP contribution >= 0.6 is 27.3 Å². The summed E-state index contributed by atoms with van der Waals surface area (Å²) in [6, 6.07) is 1.91. The van der Waals surface area contributed by atoms with E-state index in [1.807, 2.05) is 11.4 Å². The summed E-state index contributed by atoms with van der Waals surface area (Å²) in [5.74, 6) is 1.26. The Morgan fingerprint density at radius 2 is 2.29 bits per heavy atom. The Hall–Kier alpha value is -1.74. The summed E-state index contributed by atoms with van der Waals surface area (Å²) < 4.78 is 6.05. The number of nitrogens with zero attached hydrogens (tertiary/aromatic N) is 4. The van der Waals surface area contributed by atoms with E-state index < -0.39 is 0 Å². The zero-order valence-electron chi connectivity index (χ0n) is 8.22. The average Bonchev–Trinajstić information content (AvgIpc) is 2.96. The number of nitrogen functional groups attached to an aromatic ring is 1. The fourth-order valence-corrected chi connectivity index (χ4v) is 2.57. The number of aromatic nitrogens is 5. The molecule has 0 saturated heterocycles. The average molecular weight is 313 g/mol. The van der Waals surface area contributed by atoms with Crippen LogP contribution in [-0.2, 0) is 0 Å². The predicted octanol–water partition coefficient (Wildman–Crippen LogP) is 1.93. The van der Waals surface area contributed by atoms with Gasteiger partial charge in [0, 0.05) is 9.85 Å². The van der Waals surface area contributed by atoms with Crippen LogP contribution in [0, 0.1) is 0 Å². The van der Waals surface area contributed by atoms with E-state index in [0.717, 1.165) is 9.35 Å². The molecular weight excluding hydrogens is 308 g/mol. The van der Waals surface area contributed by atoms with E-state index in [0.29, 0.717) is 11.6 Å². The third kappa shape index (κ3) is 1.94. The summed E-state index contributed by atoms with van der Waals surface area (Å²) in [4.78, 5) is 9.00. The molecule has 17 heavy (non-hydrogen) atoms. The van der Waals surface area contributed by atoms with Gasteiger partial charge in [0.15, 0.2) is 0 Å². The molecule has 3 N–H and O–H groups in total. The molecule has 3 aromatic heterocycles. The minimum Gasteiger partial charge on any atom is -0.366 e. The van der Waals surface area contributed by atoms with Gasteiger partial charge in [-0.2, -0.15) is 9.97 Å². The van der Waals surface area contributed by atoms with Gasteiger partial charge in [0.1, 0.15) is 0 Å². The van der Waals surface area contributed by atoms with Gasteiger partial charge in [0.2, 0.25) is 17.6 Å². The monoisotopic (exact) mass is 312 g/mol. The van der Waals surface area contributed by atoms with E-state index in [2.05, 4.69) is 41.3 Å². The van der Waals surface area contributed by atoms with Gasteiger partial charge in [-0.15, -0.1) is 16.4 Å². The predicted molar refractivity (Wildman–Crippen MR) is 65.1 cm³/mol. The minimum atomic E-state index is 0.138. The molecule has 0 aliphatic rings. The highest BCUT2D eigenvalue weighted by Crippen LogP contribution is 2.28. The number of nitrogens with one attached hydrogen (secondary N) is 1. The fraction of sp³-hybridized carbons (Fsp3) is 0. The van der Waals surface area contributed by atoms with Crippen molar-refractivity contribution in [2.24, 2.45) is 0 Å². The second-order valence-corrected chi connectivity index (χ2v) is 4.92. The zero-order valence-corrected chi connectivity index (χ0v) is 10.6. The van der Waals surface area contributed by atoms with Gasteiger partial charge in [-0.1, -0.05) is 5.16 Å². The van der Waals surface area contributed by atoms with Crippen LogP contribution in [0.2, 0.25) is 0 Å². The molecule has 0 aromatic carbocycles. The molecule has 0 spiro atoms. The van der Waals surface area contributed by atoms with E-state index in [4.69, 9.17) is 10.3 Å². The van der Waals surface area contributed by atoms with Crippen molar-refractivity contribution in [1.29, 1.82) is 0 Å². The van der Waals surface area contributed by atoms with E-state index in [1.54, 1.807) is 0 Å². The molecule has 0 atom stereocenters. The Bertz CT molecular complexity index is 604. The second kappa shape index (κ2) is 3.93. The summed E-state index contributed by atoms with van der Waals surface area (Å²) in [6.07, 6.45) is 0. The molecule has 0 saturated carbocycles. The maximum absolute atomic E-state index is 5.39. The maximum Gasteiger partial charge on any atom is 0.295 e. The van der Waals surface area contributed by atoms with Crippen molar-refractivity contribution in [1.82, 2.24) is 25.3 Å². The zero-order chi connectivity index (χ0) is 11.8. The molecule has 0 bridgehead atoms. The molecule has 3 aromatic rings. The van der Waals surface area contributed by atoms with Crippen LogP contribution < -0.4 is 5.73 Å². The quantitative estimate of drug-likeness (QED) is 0.748. The van der Waals surface area contributed by atoms with E-state index >= 15 is 0 Å². The molecule has 9 heteroatoms. The summed E-state index contributed by atoms with van der Waals surface area (Å²) >= 11 is 4.88. The van der Waals surface area contributed by atoms with E-state index in [-0.39, 0.29) is 11.8 Å². The topological polar surface area (TPSA) is 107 Å². The van der Waals surface area contributed by atoms with Crippen LogP contribution in [0.1, 0.15) is 0 Å². The smallest absolute Gasteiger partial charge is 0.295 e. The lowest BCUT2D eigenvalue weighted by atomic mass is 10.4. The third-order valence-electron chi connectivity index (χ3n) is 1.92. The molecule has 0 unspecified atom stereocenters. The van der Waals surface area contributed by atoms with Gasteiger partial charge in [-0.3, -0.25) is 5.10 Å². The summed E-state index contributed by atoms with van der Waals surface area (Å²) in [6.45, 7) is 0. The van der Waals surface area contributed by atoms with Crippen molar-refractivity contribution in [3.63, 3.8) is 0 Å². The van der Waals surface area contributed by atoms with Crippen LogP contribution in [0.3, 0.4) is 0 Å². The molecule has 3 heterocycles. The van der Waals surface area contributed by atoms with E-state index in [1.165, 1.54) is 11.3 Å². The molecular formula is C8H5BrN6OS. The number of thiophene rings is 1. The number of hydrogen-bond acceptors (Lipinski definition) is 7. The highest BCUT2D eigenvalue weighted by Gasteiger charge is 2.14. The lowest BCUT2D eigenvalue weighted by Crippen LogP contribution is -1.85. The van der Waals surface area contributed by atoms with Crippen LogP contribution in [0.25, 0.3) is 22.4 Å². The minimum absolute atomic E-state index is 0.138. The molecule has 0 radical (unpaired) electrons. The van der Waals surface area contributed by atoms with Gasteiger partial charge < -0.3 is 10.3 Å². The van der Waals surface area contributed by atoms with Crippen molar-refractivity contribution in [2.45, 2.75) is 0 Å². The SMILES string of the molecule is Nc1n[nH]c(-c2nc(-c3cc(Br)cs3)no2)n1. The number of H-pyrrole nitrogens is 1. The Balaban J connectivity index is 1.98. The standard InChI is InChI=1S/C8H5BrN6OS/c9-3-1-4(17-2-3)5-11-7(16-15-5)6-12-8(10)14-13-6/h1-2H,(H3,10,12,13,14). The van der Waals surface area contributed by atoms with Gasteiger partial charge in [0.05, 0.1) is 4.88 Å². The number of rotatable bonds is 2. The van der Waals surface area contributed by atoms with Gasteiger partial charge >= 0.3 is 0 Å². The normalized spacial score (nSPS) is 10.9. The third-order valence-corrected chi connectivity index (χ3v) is 3.61. The Labute approximate surface area is 107 Å². The number of halogens is 1. The van der Waals surface area contributed by atoms with Gasteiger partial charge in [0.25, 0.3) is 5.89 Å². The Kier molecular flexibility index (Phi) is 2.41. The van der Waals surface area contributed by atoms with Gasteiger partial charge in [-0.25, -0.2) is 0 Å². The lowest BCUT2D eigenvalue weighted by Gasteiger charge is -1.83. The van der Waals surface area contributed by atoms with Crippen LogP contribution in [0.4, 0.5) is 5.95 Å². The van der Waals surface area contributed by atoms with Crippen LogP contribution in [-0.4, -0.2) is 25.3 Å². The van der Waals surface area contributed by atoms with E-state index in [9.17, 15) is 0 Å². The first kappa shape index (κ1) is 10.4. The highest BCUT2D eigenvalue weighted by atomic mass is 79.9. The molecule has 0 aliphatic carbocycles. The molecule has 0 amide bonds. The Morgan fingerprint density at radius 1 is 1.41 bits per heavy atom. The first-order valence-corrected chi connectivity index (χ1v) is 6.16. The number of hydrogen-bond donors (Lipinski definition) is 2. The van der Waals surface area contributed by atoms with Crippen molar-refractivity contribution < 1.29 is 4.52 Å². The number of anilines is 1. The van der Waals surface area contributed by atoms with Crippen LogP contribution in [0.5, 0.6) is 0 Å². The van der Waals surface area contributed by atoms with Crippen molar-refractivity contribution in [3.8, 4) is 22.4 Å². The van der Waals surface area contributed by atoms with Crippen molar-refractivity contribution >= 4 is 33.2 Å². The molecule has 3 rings (SSSR count). The molecule has 0 aliphatic heterocycles. The molecule has 7 nitrogen and oxygen atoms in total. The molecule has 0 fully saturated rings. The summed E-state index contributed by atoms with van der Waals surface area (Å²) in [7, 11) is 0. The number of aromatic amines is 1. The second-order valence-electron chi connectivity index (χ2n) is 3.09. The largest absolute Gasteiger partial charge is 0.366 e. The van der Waals surface area contributed by atoms with Crippen LogP contribution in [0.15, 0.2) is 20.4 Å². The molecule has 86 valence electrons. The Morgan fingerprint density at radius 3 is 2.94 bits per heavy atom. The highest BCUT2D eigenvalue weighted by molar-refractivity contribution is 9.10. The lowest BCUT2D eigenvalue weighted by molar-refractivity contribution is 0.430. The maximum atomic E-state index is 5.39. The fourth-order valence-electron chi connectivity index (χ4n) is 1.22. The summed E-state index contributed by atoms with van der Waals surface area (Å²) in [5, 5.41) is 12.1. The van der Waals surface area contributed by atoms with Gasteiger partial charge in [-0.05, 0) is 22.0 Å².